The smallest absolute Gasteiger partial charge is 0.237 e. The van der Waals surface area contributed by atoms with Crippen molar-refractivity contribution >= 4 is 5.91 Å². The van der Waals surface area contributed by atoms with Gasteiger partial charge in [0, 0.05) is 26.1 Å². The van der Waals surface area contributed by atoms with Crippen molar-refractivity contribution in [1.29, 1.82) is 0 Å². The van der Waals surface area contributed by atoms with Crippen molar-refractivity contribution in [3.8, 4) is 0 Å². The second kappa shape index (κ2) is 5.10. The largest absolute Gasteiger partial charge is 0.354 e. The summed E-state index contributed by atoms with van der Waals surface area (Å²) in [5, 5.41) is 5.81. The normalized spacial score (nSPS) is 35.5. The predicted molar refractivity (Wildman–Crippen MR) is 59.9 cm³/mol. The third-order valence-corrected chi connectivity index (χ3v) is 3.45. The van der Waals surface area contributed by atoms with E-state index in [1.54, 1.807) is 0 Å². The van der Waals surface area contributed by atoms with E-state index in [0.29, 0.717) is 18.9 Å². The Hall–Kier alpha value is -0.680. The summed E-state index contributed by atoms with van der Waals surface area (Å²) in [7, 11) is 2.09. The van der Waals surface area contributed by atoms with Crippen LogP contribution < -0.4 is 10.6 Å². The van der Waals surface area contributed by atoms with Crippen LogP contribution in [0.2, 0.25) is 0 Å². The minimum Gasteiger partial charge on any atom is -0.354 e. The van der Waals surface area contributed by atoms with Crippen LogP contribution in [0.1, 0.15) is 12.8 Å². The van der Waals surface area contributed by atoms with E-state index in [4.69, 9.17) is 0 Å². The minimum absolute atomic E-state index is 0.0466. The van der Waals surface area contributed by atoms with Crippen LogP contribution in [0.3, 0.4) is 0 Å². The summed E-state index contributed by atoms with van der Waals surface area (Å²) in [5.41, 5.74) is 0. The van der Waals surface area contributed by atoms with Gasteiger partial charge in [-0.1, -0.05) is 0 Å². The Morgan fingerprint density at radius 2 is 2.44 bits per heavy atom. The zero-order chi connectivity index (χ0) is 11.5. The van der Waals surface area contributed by atoms with E-state index in [-0.39, 0.29) is 11.9 Å². The quantitative estimate of drug-likeness (QED) is 0.702. The molecule has 0 saturated carbocycles. The van der Waals surface area contributed by atoms with Crippen molar-refractivity contribution in [1.82, 2.24) is 15.5 Å². The number of likely N-dealkylation sites (tertiary alicyclic amines) is 1. The molecule has 0 spiro atoms. The zero-order valence-electron chi connectivity index (χ0n) is 9.71. The van der Waals surface area contributed by atoms with Crippen LogP contribution in [0.4, 0.5) is 4.39 Å². The first kappa shape index (κ1) is 11.8. The Morgan fingerprint density at radius 3 is 3.00 bits per heavy atom. The van der Waals surface area contributed by atoms with E-state index in [9.17, 15) is 9.18 Å². The van der Waals surface area contributed by atoms with Gasteiger partial charge >= 0.3 is 0 Å². The summed E-state index contributed by atoms with van der Waals surface area (Å²) in [5.74, 6) is 0.506. The van der Waals surface area contributed by atoms with Gasteiger partial charge in [0.15, 0.2) is 0 Å². The van der Waals surface area contributed by atoms with Crippen LogP contribution in [0, 0.1) is 5.92 Å². The lowest BCUT2D eigenvalue weighted by molar-refractivity contribution is -0.123. The standard InChI is InChI=1S/C11H20FN3O/c1-15-3-2-8(7-15)5-14-11(16)10-4-9(12)6-13-10/h8-10,13H,2-7H2,1H3,(H,14,16)/t8-,9-,10+/m1/s1. The van der Waals surface area contributed by atoms with Gasteiger partial charge in [-0.25, -0.2) is 4.39 Å². The molecule has 2 rings (SSSR count). The van der Waals surface area contributed by atoms with Crippen molar-refractivity contribution in [2.45, 2.75) is 25.1 Å². The fraction of sp³-hybridized carbons (Fsp3) is 0.909. The molecule has 3 atom stereocenters. The van der Waals surface area contributed by atoms with Crippen LogP contribution in [0.25, 0.3) is 0 Å². The number of rotatable bonds is 3. The first-order chi connectivity index (χ1) is 7.65. The Labute approximate surface area is 95.6 Å². The third kappa shape index (κ3) is 2.92. The molecule has 0 aliphatic carbocycles. The van der Waals surface area contributed by atoms with Crippen LogP contribution in [-0.4, -0.2) is 56.2 Å². The highest BCUT2D eigenvalue weighted by Crippen LogP contribution is 2.14. The fourth-order valence-corrected chi connectivity index (χ4v) is 2.45. The van der Waals surface area contributed by atoms with Gasteiger partial charge < -0.3 is 15.5 Å². The Morgan fingerprint density at radius 1 is 1.62 bits per heavy atom. The van der Waals surface area contributed by atoms with Crippen molar-refractivity contribution in [2.24, 2.45) is 5.92 Å². The highest BCUT2D eigenvalue weighted by molar-refractivity contribution is 5.82. The van der Waals surface area contributed by atoms with Crippen LogP contribution >= 0.6 is 0 Å². The molecular formula is C11H20FN3O. The number of halogens is 1. The first-order valence-electron chi connectivity index (χ1n) is 5.99. The van der Waals surface area contributed by atoms with Crippen molar-refractivity contribution in [2.75, 3.05) is 33.2 Å². The maximum atomic E-state index is 12.9. The molecule has 0 aromatic carbocycles. The van der Waals surface area contributed by atoms with E-state index >= 15 is 0 Å². The molecule has 2 fully saturated rings. The van der Waals surface area contributed by atoms with Gasteiger partial charge in [0.05, 0.1) is 6.04 Å². The van der Waals surface area contributed by atoms with Gasteiger partial charge in [0.25, 0.3) is 0 Å². The molecule has 0 aromatic heterocycles. The van der Waals surface area contributed by atoms with Gasteiger partial charge in [0.2, 0.25) is 5.91 Å². The Bertz CT molecular complexity index is 262. The lowest BCUT2D eigenvalue weighted by atomic mass is 10.1. The number of carbonyl (C=O) groups excluding carboxylic acids is 1. The SMILES string of the molecule is CN1CC[C@H](CNC(=O)[C@@H]2C[C@@H](F)CN2)C1. The third-order valence-electron chi connectivity index (χ3n) is 3.45. The minimum atomic E-state index is -0.867. The first-order valence-corrected chi connectivity index (χ1v) is 5.99. The molecule has 2 aliphatic heterocycles. The molecule has 0 bridgehead atoms. The molecule has 1 amide bonds. The number of hydrogen-bond donors (Lipinski definition) is 2. The molecule has 0 unspecified atom stereocenters. The lowest BCUT2D eigenvalue weighted by Gasteiger charge is -2.14. The average Bonchev–Trinajstić information content (AvgIpc) is 2.84. The number of alkyl halides is 1. The fourth-order valence-electron chi connectivity index (χ4n) is 2.45. The topological polar surface area (TPSA) is 44.4 Å². The highest BCUT2D eigenvalue weighted by Gasteiger charge is 2.29. The van der Waals surface area contributed by atoms with Crippen LogP contribution in [0.15, 0.2) is 0 Å². The van der Waals surface area contributed by atoms with Crippen molar-refractivity contribution < 1.29 is 9.18 Å². The van der Waals surface area contributed by atoms with Gasteiger partial charge in [0.1, 0.15) is 6.17 Å². The lowest BCUT2D eigenvalue weighted by Crippen LogP contribution is -2.42. The van der Waals surface area contributed by atoms with Crippen molar-refractivity contribution in [3.05, 3.63) is 0 Å². The Balaban J connectivity index is 1.68. The summed E-state index contributed by atoms with van der Waals surface area (Å²) in [6, 6.07) is -0.325. The van der Waals surface area contributed by atoms with Gasteiger partial charge in [-0.2, -0.15) is 0 Å². The number of nitrogens with zero attached hydrogens (tertiary/aromatic N) is 1. The van der Waals surface area contributed by atoms with E-state index in [0.717, 1.165) is 26.1 Å². The average molecular weight is 229 g/mol. The van der Waals surface area contributed by atoms with Gasteiger partial charge in [-0.15, -0.1) is 0 Å². The van der Waals surface area contributed by atoms with Crippen molar-refractivity contribution in [3.63, 3.8) is 0 Å². The van der Waals surface area contributed by atoms with E-state index in [1.807, 2.05) is 0 Å². The summed E-state index contributed by atoms with van der Waals surface area (Å²) in [6.45, 7) is 3.18. The monoisotopic (exact) mass is 229 g/mol. The van der Waals surface area contributed by atoms with Gasteiger partial charge in [-0.3, -0.25) is 4.79 Å². The molecule has 4 nitrogen and oxygen atoms in total. The maximum Gasteiger partial charge on any atom is 0.237 e. The van der Waals surface area contributed by atoms with E-state index in [2.05, 4.69) is 22.6 Å². The maximum absolute atomic E-state index is 12.9. The second-order valence-corrected chi connectivity index (χ2v) is 4.96. The number of nitrogens with one attached hydrogen (secondary N) is 2. The molecule has 92 valence electrons. The van der Waals surface area contributed by atoms with Crippen LogP contribution in [-0.2, 0) is 4.79 Å². The molecule has 2 aliphatic rings. The second-order valence-electron chi connectivity index (χ2n) is 4.96. The molecular weight excluding hydrogens is 209 g/mol. The summed E-state index contributed by atoms with van der Waals surface area (Å²) in [4.78, 5) is 13.9. The Kier molecular flexibility index (Phi) is 3.76. The number of amides is 1. The van der Waals surface area contributed by atoms with E-state index in [1.165, 1.54) is 0 Å². The number of hydrogen-bond acceptors (Lipinski definition) is 3. The van der Waals surface area contributed by atoms with Crippen LogP contribution in [0.5, 0.6) is 0 Å². The molecule has 2 N–H and O–H groups in total. The summed E-state index contributed by atoms with van der Waals surface area (Å²) >= 11 is 0. The molecule has 2 heterocycles. The summed E-state index contributed by atoms with van der Waals surface area (Å²) in [6.07, 6.45) is 0.588. The molecule has 16 heavy (non-hydrogen) atoms. The number of carbonyl (C=O) groups is 1. The molecule has 0 aromatic rings. The van der Waals surface area contributed by atoms with E-state index < -0.39 is 6.17 Å². The molecule has 0 radical (unpaired) electrons. The van der Waals surface area contributed by atoms with Gasteiger partial charge in [-0.05, 0) is 25.9 Å². The molecule has 5 heteroatoms. The summed E-state index contributed by atoms with van der Waals surface area (Å²) < 4.78 is 12.9. The zero-order valence-corrected chi connectivity index (χ0v) is 9.71. The predicted octanol–water partition coefficient (Wildman–Crippen LogP) is -0.246. The molecule has 2 saturated heterocycles. The highest BCUT2D eigenvalue weighted by atomic mass is 19.1.